The van der Waals surface area contributed by atoms with E-state index in [1.807, 2.05) is 66.0 Å². The Kier molecular flexibility index (Phi) is 6.31. The molecule has 0 aliphatic carbocycles. The van der Waals surface area contributed by atoms with Gasteiger partial charge in [0.25, 0.3) is 0 Å². The number of anilines is 1. The molecule has 0 saturated heterocycles. The molecule has 1 heterocycles. The zero-order valence-corrected chi connectivity index (χ0v) is 14.9. The van der Waals surface area contributed by atoms with E-state index in [2.05, 4.69) is 15.3 Å². The van der Waals surface area contributed by atoms with Crippen molar-refractivity contribution >= 4 is 39.4 Å². The SMILES string of the molecule is Br.NC(=NCc1ccccc1)Nc1nc(-c2ccccc2)cs1. The number of guanidine groups is 1. The van der Waals surface area contributed by atoms with Gasteiger partial charge in [-0.2, -0.15) is 0 Å². The standard InChI is InChI=1S/C17H16N4S.BrH/c18-16(19-11-13-7-3-1-4-8-13)21-17-20-15(12-22-17)14-9-5-2-6-10-14;/h1-10,12H,11H2,(H3,18,19,20,21);1H. The molecule has 0 atom stereocenters. The molecule has 0 bridgehead atoms. The third-order valence-electron chi connectivity index (χ3n) is 3.08. The van der Waals surface area contributed by atoms with E-state index in [1.54, 1.807) is 0 Å². The van der Waals surface area contributed by atoms with Gasteiger partial charge in [-0.15, -0.1) is 28.3 Å². The van der Waals surface area contributed by atoms with Gasteiger partial charge in [0.15, 0.2) is 11.1 Å². The number of benzene rings is 2. The minimum Gasteiger partial charge on any atom is -0.370 e. The molecule has 0 spiro atoms. The predicted molar refractivity (Wildman–Crippen MR) is 103 cm³/mol. The summed E-state index contributed by atoms with van der Waals surface area (Å²) in [5.41, 5.74) is 9.05. The Balaban J connectivity index is 0.00000192. The summed E-state index contributed by atoms with van der Waals surface area (Å²) in [6, 6.07) is 20.1. The van der Waals surface area contributed by atoms with Crippen molar-refractivity contribution in [3.8, 4) is 11.3 Å². The second kappa shape index (κ2) is 8.45. The quantitative estimate of drug-likeness (QED) is 0.516. The monoisotopic (exact) mass is 388 g/mol. The van der Waals surface area contributed by atoms with Crippen LogP contribution in [0.1, 0.15) is 5.56 Å². The van der Waals surface area contributed by atoms with E-state index >= 15 is 0 Å². The predicted octanol–water partition coefficient (Wildman–Crippen LogP) is 4.31. The first-order chi connectivity index (χ1) is 10.8. The summed E-state index contributed by atoms with van der Waals surface area (Å²) in [7, 11) is 0. The fraction of sp³-hybridized carbons (Fsp3) is 0.0588. The summed E-state index contributed by atoms with van der Waals surface area (Å²) in [5.74, 6) is 0.373. The molecule has 3 aromatic rings. The van der Waals surface area contributed by atoms with Crippen LogP contribution in [0, 0.1) is 0 Å². The molecule has 118 valence electrons. The van der Waals surface area contributed by atoms with Gasteiger partial charge >= 0.3 is 0 Å². The number of rotatable bonds is 4. The van der Waals surface area contributed by atoms with Crippen LogP contribution in [0.25, 0.3) is 11.3 Å². The minimum absolute atomic E-state index is 0. The number of thiazole rings is 1. The van der Waals surface area contributed by atoms with Crippen LogP contribution >= 0.6 is 28.3 Å². The third kappa shape index (κ3) is 4.91. The maximum absolute atomic E-state index is 5.91. The molecule has 0 radical (unpaired) electrons. The number of hydrogen-bond acceptors (Lipinski definition) is 3. The lowest BCUT2D eigenvalue weighted by Crippen LogP contribution is -2.22. The van der Waals surface area contributed by atoms with E-state index in [-0.39, 0.29) is 17.0 Å². The van der Waals surface area contributed by atoms with E-state index in [4.69, 9.17) is 5.73 Å². The molecular formula is C17H17BrN4S. The number of hydrogen-bond donors (Lipinski definition) is 2. The third-order valence-corrected chi connectivity index (χ3v) is 3.84. The number of halogens is 1. The van der Waals surface area contributed by atoms with Gasteiger partial charge < -0.3 is 11.1 Å². The smallest absolute Gasteiger partial charge is 0.195 e. The lowest BCUT2D eigenvalue weighted by atomic mass is 10.2. The Morgan fingerprint density at radius 2 is 1.70 bits per heavy atom. The van der Waals surface area contributed by atoms with E-state index in [0.717, 1.165) is 22.0 Å². The molecule has 1 aromatic heterocycles. The average Bonchev–Trinajstić information content (AvgIpc) is 3.03. The summed E-state index contributed by atoms with van der Waals surface area (Å²) in [5, 5.41) is 5.78. The van der Waals surface area contributed by atoms with Gasteiger partial charge in [0.1, 0.15) is 0 Å². The summed E-state index contributed by atoms with van der Waals surface area (Å²) >= 11 is 1.51. The molecule has 2 aromatic carbocycles. The Labute approximate surface area is 149 Å². The number of aromatic nitrogens is 1. The number of nitrogens with zero attached hydrogens (tertiary/aromatic N) is 2. The van der Waals surface area contributed by atoms with Gasteiger partial charge in [0.05, 0.1) is 12.2 Å². The maximum Gasteiger partial charge on any atom is 0.195 e. The first-order valence-corrected chi connectivity index (χ1v) is 7.81. The normalized spacial score (nSPS) is 10.9. The van der Waals surface area contributed by atoms with Crippen molar-refractivity contribution in [2.75, 3.05) is 5.32 Å². The molecule has 3 rings (SSSR count). The highest BCUT2D eigenvalue weighted by atomic mass is 79.9. The second-order valence-corrected chi connectivity index (χ2v) is 5.57. The topological polar surface area (TPSA) is 63.3 Å². The van der Waals surface area contributed by atoms with Crippen LogP contribution in [-0.4, -0.2) is 10.9 Å². The van der Waals surface area contributed by atoms with Crippen molar-refractivity contribution in [2.24, 2.45) is 10.7 Å². The van der Waals surface area contributed by atoms with Crippen molar-refractivity contribution < 1.29 is 0 Å². The number of nitrogens with one attached hydrogen (secondary N) is 1. The Morgan fingerprint density at radius 3 is 2.39 bits per heavy atom. The average molecular weight is 389 g/mol. The lowest BCUT2D eigenvalue weighted by Gasteiger charge is -2.02. The maximum atomic E-state index is 5.91. The summed E-state index contributed by atoms with van der Waals surface area (Å²) in [6.45, 7) is 0.552. The zero-order chi connectivity index (χ0) is 15.2. The molecule has 0 unspecified atom stereocenters. The van der Waals surface area contributed by atoms with Crippen molar-refractivity contribution in [1.29, 1.82) is 0 Å². The van der Waals surface area contributed by atoms with E-state index < -0.39 is 0 Å². The molecule has 6 heteroatoms. The summed E-state index contributed by atoms with van der Waals surface area (Å²) in [4.78, 5) is 8.84. The van der Waals surface area contributed by atoms with Crippen LogP contribution in [0.3, 0.4) is 0 Å². The van der Waals surface area contributed by atoms with Crippen LogP contribution < -0.4 is 11.1 Å². The van der Waals surface area contributed by atoms with E-state index in [0.29, 0.717) is 12.5 Å². The van der Waals surface area contributed by atoms with Gasteiger partial charge in [-0.05, 0) is 5.56 Å². The highest BCUT2D eigenvalue weighted by Gasteiger charge is 2.04. The van der Waals surface area contributed by atoms with E-state index in [1.165, 1.54) is 11.3 Å². The largest absolute Gasteiger partial charge is 0.370 e. The first-order valence-electron chi connectivity index (χ1n) is 6.93. The highest BCUT2D eigenvalue weighted by Crippen LogP contribution is 2.24. The van der Waals surface area contributed by atoms with Crippen molar-refractivity contribution in [3.63, 3.8) is 0 Å². The number of aliphatic imine (C=N–C) groups is 1. The molecule has 0 aliphatic rings. The molecule has 0 saturated carbocycles. The van der Waals surface area contributed by atoms with Gasteiger partial charge in [0, 0.05) is 10.9 Å². The molecule has 0 amide bonds. The molecule has 23 heavy (non-hydrogen) atoms. The Hall–Kier alpha value is -2.18. The van der Waals surface area contributed by atoms with Gasteiger partial charge in [-0.25, -0.2) is 9.98 Å². The second-order valence-electron chi connectivity index (χ2n) is 4.72. The van der Waals surface area contributed by atoms with Crippen LogP contribution in [0.2, 0.25) is 0 Å². The lowest BCUT2D eigenvalue weighted by molar-refractivity contribution is 1.06. The van der Waals surface area contributed by atoms with Gasteiger partial charge in [-0.3, -0.25) is 0 Å². The van der Waals surface area contributed by atoms with Crippen molar-refractivity contribution in [2.45, 2.75) is 6.54 Å². The Morgan fingerprint density at radius 1 is 1.04 bits per heavy atom. The molecule has 0 fully saturated rings. The summed E-state index contributed by atoms with van der Waals surface area (Å²) < 4.78 is 0. The van der Waals surface area contributed by atoms with Gasteiger partial charge in [0.2, 0.25) is 0 Å². The molecule has 3 N–H and O–H groups in total. The highest BCUT2D eigenvalue weighted by molar-refractivity contribution is 8.93. The first kappa shape index (κ1) is 17.2. The van der Waals surface area contributed by atoms with Crippen LogP contribution in [-0.2, 0) is 6.54 Å². The van der Waals surface area contributed by atoms with Crippen molar-refractivity contribution in [1.82, 2.24) is 4.98 Å². The fourth-order valence-electron chi connectivity index (χ4n) is 1.98. The molecule has 0 aliphatic heterocycles. The number of nitrogens with two attached hydrogens (primary N) is 1. The summed E-state index contributed by atoms with van der Waals surface area (Å²) in [6.07, 6.45) is 0. The van der Waals surface area contributed by atoms with Crippen LogP contribution in [0.5, 0.6) is 0 Å². The van der Waals surface area contributed by atoms with Gasteiger partial charge in [-0.1, -0.05) is 60.7 Å². The zero-order valence-electron chi connectivity index (χ0n) is 12.3. The molecule has 4 nitrogen and oxygen atoms in total. The fourth-order valence-corrected chi connectivity index (χ4v) is 2.71. The van der Waals surface area contributed by atoms with E-state index in [9.17, 15) is 0 Å². The van der Waals surface area contributed by atoms with Crippen LogP contribution in [0.15, 0.2) is 71.0 Å². The minimum atomic E-state index is 0. The molecular weight excluding hydrogens is 372 g/mol. The van der Waals surface area contributed by atoms with Crippen LogP contribution in [0.4, 0.5) is 5.13 Å². The Bertz CT molecular complexity index is 757. The van der Waals surface area contributed by atoms with Crippen molar-refractivity contribution in [3.05, 3.63) is 71.6 Å².